The van der Waals surface area contributed by atoms with Gasteiger partial charge in [0.15, 0.2) is 0 Å². The van der Waals surface area contributed by atoms with Gasteiger partial charge in [-0.15, -0.1) is 0 Å². The molecule has 1 aromatic rings. The molecular formula is C15H21N3O3. The van der Waals surface area contributed by atoms with Crippen molar-refractivity contribution in [1.82, 2.24) is 0 Å². The van der Waals surface area contributed by atoms with Gasteiger partial charge < -0.3 is 20.7 Å². The van der Waals surface area contributed by atoms with Gasteiger partial charge in [0.1, 0.15) is 6.61 Å². The monoisotopic (exact) mass is 291 g/mol. The molecular weight excluding hydrogens is 270 g/mol. The summed E-state index contributed by atoms with van der Waals surface area (Å²) < 4.78 is 5.13. The van der Waals surface area contributed by atoms with Crippen LogP contribution in [-0.2, 0) is 14.3 Å². The van der Waals surface area contributed by atoms with Crippen molar-refractivity contribution in [2.45, 2.75) is 26.3 Å². The second kappa shape index (κ2) is 5.83. The topological polar surface area (TPSA) is 84.7 Å². The standard InChI is InChI=1S/C15H21N3O3/c1-10-8-11(17-14(20)15(2,3)16)4-5-12(10)18-6-7-21-9-13(18)19/h4-5,8H,6-7,9,16H2,1-3H3,(H,17,20). The van der Waals surface area contributed by atoms with Crippen LogP contribution in [0.5, 0.6) is 0 Å². The third-order valence-electron chi connectivity index (χ3n) is 3.32. The first-order chi connectivity index (χ1) is 9.79. The second-order valence-corrected chi connectivity index (χ2v) is 5.78. The van der Waals surface area contributed by atoms with E-state index in [4.69, 9.17) is 10.5 Å². The lowest BCUT2D eigenvalue weighted by atomic mass is 10.1. The highest BCUT2D eigenvalue weighted by Crippen LogP contribution is 2.25. The third-order valence-corrected chi connectivity index (χ3v) is 3.32. The first-order valence-corrected chi connectivity index (χ1v) is 6.88. The molecule has 0 saturated carbocycles. The Bertz CT molecular complexity index is 564. The zero-order valence-corrected chi connectivity index (χ0v) is 12.6. The van der Waals surface area contributed by atoms with Gasteiger partial charge in [0, 0.05) is 17.9 Å². The maximum atomic E-state index is 11.9. The summed E-state index contributed by atoms with van der Waals surface area (Å²) in [6, 6.07) is 5.44. The Kier molecular flexibility index (Phi) is 4.29. The van der Waals surface area contributed by atoms with Crippen LogP contribution in [0, 0.1) is 6.92 Å². The van der Waals surface area contributed by atoms with Gasteiger partial charge in [-0.2, -0.15) is 0 Å². The maximum Gasteiger partial charge on any atom is 0.253 e. The molecule has 21 heavy (non-hydrogen) atoms. The normalized spacial score (nSPS) is 16.0. The van der Waals surface area contributed by atoms with Gasteiger partial charge in [0.05, 0.1) is 12.1 Å². The molecule has 2 amide bonds. The smallest absolute Gasteiger partial charge is 0.253 e. The van der Waals surface area contributed by atoms with Crippen LogP contribution in [-0.4, -0.2) is 37.1 Å². The van der Waals surface area contributed by atoms with Crippen LogP contribution in [0.4, 0.5) is 11.4 Å². The van der Waals surface area contributed by atoms with Crippen molar-refractivity contribution in [3.05, 3.63) is 23.8 Å². The average Bonchev–Trinajstić information content (AvgIpc) is 2.39. The molecule has 114 valence electrons. The molecule has 6 nitrogen and oxygen atoms in total. The number of amides is 2. The molecule has 1 aliphatic rings. The van der Waals surface area contributed by atoms with Crippen LogP contribution >= 0.6 is 0 Å². The molecule has 1 aliphatic heterocycles. The molecule has 0 atom stereocenters. The summed E-state index contributed by atoms with van der Waals surface area (Å²) in [4.78, 5) is 25.4. The second-order valence-electron chi connectivity index (χ2n) is 5.78. The molecule has 0 unspecified atom stereocenters. The first-order valence-electron chi connectivity index (χ1n) is 6.88. The summed E-state index contributed by atoms with van der Waals surface area (Å²) in [7, 11) is 0. The van der Waals surface area contributed by atoms with E-state index in [9.17, 15) is 9.59 Å². The fourth-order valence-electron chi connectivity index (χ4n) is 2.10. The van der Waals surface area contributed by atoms with Gasteiger partial charge >= 0.3 is 0 Å². The van der Waals surface area contributed by atoms with E-state index in [1.165, 1.54) is 0 Å². The van der Waals surface area contributed by atoms with Crippen molar-refractivity contribution in [2.75, 3.05) is 30.0 Å². The molecule has 1 saturated heterocycles. The Morgan fingerprint density at radius 1 is 1.43 bits per heavy atom. The molecule has 1 fully saturated rings. The Morgan fingerprint density at radius 3 is 2.71 bits per heavy atom. The summed E-state index contributed by atoms with van der Waals surface area (Å²) >= 11 is 0. The maximum absolute atomic E-state index is 11.9. The minimum Gasteiger partial charge on any atom is -0.370 e. The summed E-state index contributed by atoms with van der Waals surface area (Å²) in [5, 5.41) is 2.77. The summed E-state index contributed by atoms with van der Waals surface area (Å²) in [5.41, 5.74) is 7.24. The number of hydrogen-bond acceptors (Lipinski definition) is 4. The fourth-order valence-corrected chi connectivity index (χ4v) is 2.10. The number of aryl methyl sites for hydroxylation is 1. The van der Waals surface area contributed by atoms with E-state index >= 15 is 0 Å². The highest BCUT2D eigenvalue weighted by Gasteiger charge is 2.23. The van der Waals surface area contributed by atoms with Gasteiger partial charge in [-0.25, -0.2) is 0 Å². The molecule has 3 N–H and O–H groups in total. The number of rotatable bonds is 3. The predicted octanol–water partition coefficient (Wildman–Crippen LogP) is 1.03. The van der Waals surface area contributed by atoms with Gasteiger partial charge in [0.25, 0.3) is 5.91 Å². The number of anilines is 2. The van der Waals surface area contributed by atoms with Gasteiger partial charge in [-0.1, -0.05) is 0 Å². The van der Waals surface area contributed by atoms with E-state index in [0.29, 0.717) is 18.8 Å². The van der Waals surface area contributed by atoms with Crippen LogP contribution in [0.15, 0.2) is 18.2 Å². The molecule has 6 heteroatoms. The number of morpholine rings is 1. The van der Waals surface area contributed by atoms with Gasteiger partial charge in [-0.05, 0) is 44.5 Å². The Balaban J connectivity index is 2.18. The summed E-state index contributed by atoms with van der Waals surface area (Å²) in [6.45, 7) is 6.39. The average molecular weight is 291 g/mol. The van der Waals surface area contributed by atoms with E-state index in [0.717, 1.165) is 11.3 Å². The van der Waals surface area contributed by atoms with Crippen molar-refractivity contribution in [3.63, 3.8) is 0 Å². The molecule has 0 spiro atoms. The Labute approximate surface area is 124 Å². The van der Waals surface area contributed by atoms with E-state index in [-0.39, 0.29) is 18.4 Å². The number of carbonyl (C=O) groups is 2. The van der Waals surface area contributed by atoms with Gasteiger partial charge in [0.2, 0.25) is 5.91 Å². The Hall–Kier alpha value is -1.92. The number of carbonyl (C=O) groups excluding carboxylic acids is 2. The molecule has 0 aromatic heterocycles. The minimum absolute atomic E-state index is 0.0516. The molecule has 0 radical (unpaired) electrons. The highest BCUT2D eigenvalue weighted by molar-refractivity contribution is 5.98. The number of benzene rings is 1. The van der Waals surface area contributed by atoms with Crippen LogP contribution in [0.25, 0.3) is 0 Å². The van der Waals surface area contributed by atoms with Crippen molar-refractivity contribution >= 4 is 23.2 Å². The number of nitrogens with zero attached hydrogens (tertiary/aromatic N) is 1. The largest absolute Gasteiger partial charge is 0.370 e. The fraction of sp³-hybridized carbons (Fsp3) is 0.467. The quantitative estimate of drug-likeness (QED) is 0.871. The zero-order chi connectivity index (χ0) is 15.6. The molecule has 0 aliphatic carbocycles. The Morgan fingerprint density at radius 2 is 2.14 bits per heavy atom. The van der Waals surface area contributed by atoms with Crippen LogP contribution in [0.3, 0.4) is 0 Å². The summed E-state index contributed by atoms with van der Waals surface area (Å²) in [5.74, 6) is -0.304. The SMILES string of the molecule is Cc1cc(NC(=O)C(C)(C)N)ccc1N1CCOCC1=O. The van der Waals surface area contributed by atoms with Crippen molar-refractivity contribution < 1.29 is 14.3 Å². The minimum atomic E-state index is -0.938. The summed E-state index contributed by atoms with van der Waals surface area (Å²) in [6.07, 6.45) is 0. The molecule has 0 bridgehead atoms. The van der Waals surface area contributed by atoms with Crippen LogP contribution in [0.1, 0.15) is 19.4 Å². The molecule has 1 heterocycles. The molecule has 2 rings (SSSR count). The van der Waals surface area contributed by atoms with Crippen LogP contribution < -0.4 is 16.0 Å². The van der Waals surface area contributed by atoms with E-state index < -0.39 is 5.54 Å². The van der Waals surface area contributed by atoms with E-state index in [1.807, 2.05) is 19.1 Å². The highest BCUT2D eigenvalue weighted by atomic mass is 16.5. The zero-order valence-electron chi connectivity index (χ0n) is 12.6. The lowest BCUT2D eigenvalue weighted by Crippen LogP contribution is -2.45. The number of nitrogens with two attached hydrogens (primary N) is 1. The number of ether oxygens (including phenoxy) is 1. The van der Waals surface area contributed by atoms with Crippen molar-refractivity contribution in [3.8, 4) is 0 Å². The van der Waals surface area contributed by atoms with Gasteiger partial charge in [-0.3, -0.25) is 9.59 Å². The number of nitrogens with one attached hydrogen (secondary N) is 1. The lowest BCUT2D eigenvalue weighted by Gasteiger charge is -2.28. The van der Waals surface area contributed by atoms with Crippen molar-refractivity contribution in [2.24, 2.45) is 5.73 Å². The first kappa shape index (κ1) is 15.5. The third kappa shape index (κ3) is 3.59. The number of hydrogen-bond donors (Lipinski definition) is 2. The lowest BCUT2D eigenvalue weighted by molar-refractivity contribution is -0.125. The van der Waals surface area contributed by atoms with E-state index in [1.54, 1.807) is 24.8 Å². The van der Waals surface area contributed by atoms with Crippen LogP contribution in [0.2, 0.25) is 0 Å². The predicted molar refractivity (Wildman–Crippen MR) is 81.2 cm³/mol. The van der Waals surface area contributed by atoms with E-state index in [2.05, 4.69) is 5.32 Å². The van der Waals surface area contributed by atoms with Crippen molar-refractivity contribution in [1.29, 1.82) is 0 Å². The molecule has 1 aromatic carbocycles.